The lowest BCUT2D eigenvalue weighted by Gasteiger charge is -2.15. The van der Waals surface area contributed by atoms with Crippen molar-refractivity contribution in [1.82, 2.24) is 15.0 Å². The summed E-state index contributed by atoms with van der Waals surface area (Å²) in [6, 6.07) is 1.95. The molecule has 0 spiro atoms. The third-order valence-corrected chi connectivity index (χ3v) is 2.03. The van der Waals surface area contributed by atoms with Crippen LogP contribution in [0.4, 0.5) is 0 Å². The normalized spacial score (nSPS) is 12.2. The van der Waals surface area contributed by atoms with Gasteiger partial charge in [-0.25, -0.2) is 4.98 Å². The summed E-state index contributed by atoms with van der Waals surface area (Å²) in [4.78, 5) is 11.8. The molecule has 0 aliphatic carbocycles. The molecule has 2 aromatic rings. The molecule has 0 radical (unpaired) electrons. The number of aromatic nitrogens is 3. The van der Waals surface area contributed by atoms with Crippen molar-refractivity contribution in [1.29, 1.82) is 0 Å². The lowest BCUT2D eigenvalue weighted by atomic mass is 9.92. The van der Waals surface area contributed by atoms with Crippen molar-refractivity contribution >= 4 is 11.0 Å². The first-order valence-corrected chi connectivity index (χ1v) is 4.83. The molecule has 0 saturated carbocycles. The number of rotatable bonds is 1. The zero-order valence-electron chi connectivity index (χ0n) is 8.83. The SMILES string of the molecule is CC(C)(C)Cc1nc2cnccc2[nH]1. The van der Waals surface area contributed by atoms with Crippen LogP contribution < -0.4 is 0 Å². The summed E-state index contributed by atoms with van der Waals surface area (Å²) in [7, 11) is 0. The Hall–Kier alpha value is -1.38. The van der Waals surface area contributed by atoms with Crippen LogP contribution in [-0.2, 0) is 6.42 Å². The summed E-state index contributed by atoms with van der Waals surface area (Å²) in [5.41, 5.74) is 2.28. The van der Waals surface area contributed by atoms with Gasteiger partial charge in [0, 0.05) is 12.6 Å². The highest BCUT2D eigenvalue weighted by Gasteiger charge is 2.13. The van der Waals surface area contributed by atoms with Crippen molar-refractivity contribution in [2.45, 2.75) is 27.2 Å². The summed E-state index contributed by atoms with van der Waals surface area (Å²) in [6.07, 6.45) is 4.53. The molecule has 0 aliphatic heterocycles. The van der Waals surface area contributed by atoms with Crippen molar-refractivity contribution in [3.05, 3.63) is 24.3 Å². The second-order valence-corrected chi connectivity index (χ2v) is 4.81. The third kappa shape index (κ3) is 1.92. The lowest BCUT2D eigenvalue weighted by Crippen LogP contribution is -2.10. The second-order valence-electron chi connectivity index (χ2n) is 4.81. The Balaban J connectivity index is 2.36. The third-order valence-electron chi connectivity index (χ3n) is 2.03. The first kappa shape index (κ1) is 9.19. The van der Waals surface area contributed by atoms with E-state index in [9.17, 15) is 0 Å². The van der Waals surface area contributed by atoms with E-state index in [0.29, 0.717) is 0 Å². The monoisotopic (exact) mass is 189 g/mol. The standard InChI is InChI=1S/C11H15N3/c1-11(2,3)6-10-13-8-4-5-12-7-9(8)14-10/h4-5,7H,6H2,1-3H3,(H,13,14). The molecule has 3 nitrogen and oxygen atoms in total. The number of nitrogens with zero attached hydrogens (tertiary/aromatic N) is 2. The van der Waals surface area contributed by atoms with Gasteiger partial charge in [-0.05, 0) is 11.5 Å². The average molecular weight is 189 g/mol. The van der Waals surface area contributed by atoms with Crippen LogP contribution in [0.5, 0.6) is 0 Å². The minimum absolute atomic E-state index is 0.265. The van der Waals surface area contributed by atoms with Gasteiger partial charge in [0.05, 0.1) is 11.7 Å². The fourth-order valence-electron chi connectivity index (χ4n) is 1.50. The van der Waals surface area contributed by atoms with Crippen LogP contribution in [0.25, 0.3) is 11.0 Å². The van der Waals surface area contributed by atoms with Crippen molar-refractivity contribution in [2.24, 2.45) is 5.41 Å². The highest BCUT2D eigenvalue weighted by Crippen LogP contribution is 2.20. The molecule has 0 aliphatic rings. The van der Waals surface area contributed by atoms with Crippen LogP contribution >= 0.6 is 0 Å². The molecule has 0 amide bonds. The van der Waals surface area contributed by atoms with Crippen LogP contribution in [0.3, 0.4) is 0 Å². The zero-order chi connectivity index (χ0) is 10.2. The Bertz CT molecular complexity index is 404. The van der Waals surface area contributed by atoms with Gasteiger partial charge >= 0.3 is 0 Å². The van der Waals surface area contributed by atoms with E-state index in [1.165, 1.54) is 0 Å². The van der Waals surface area contributed by atoms with Gasteiger partial charge in [-0.3, -0.25) is 4.98 Å². The van der Waals surface area contributed by atoms with Crippen molar-refractivity contribution in [3.63, 3.8) is 0 Å². The first-order valence-electron chi connectivity index (χ1n) is 4.83. The van der Waals surface area contributed by atoms with Crippen LogP contribution in [0.2, 0.25) is 0 Å². The minimum Gasteiger partial charge on any atom is -0.342 e. The maximum atomic E-state index is 4.48. The van der Waals surface area contributed by atoms with Gasteiger partial charge in [-0.15, -0.1) is 0 Å². The van der Waals surface area contributed by atoms with Crippen molar-refractivity contribution in [3.8, 4) is 0 Å². The summed E-state index contributed by atoms with van der Waals surface area (Å²) >= 11 is 0. The van der Waals surface area contributed by atoms with Crippen molar-refractivity contribution < 1.29 is 0 Å². The molecule has 0 aromatic carbocycles. The molecule has 0 bridgehead atoms. The van der Waals surface area contributed by atoms with Gasteiger partial charge < -0.3 is 4.98 Å². The largest absolute Gasteiger partial charge is 0.342 e. The Morgan fingerprint density at radius 3 is 2.79 bits per heavy atom. The fraction of sp³-hybridized carbons (Fsp3) is 0.455. The van der Waals surface area contributed by atoms with Gasteiger partial charge in [-0.2, -0.15) is 0 Å². The Morgan fingerprint density at radius 1 is 1.36 bits per heavy atom. The minimum atomic E-state index is 0.265. The molecule has 0 saturated heterocycles. The number of hydrogen-bond acceptors (Lipinski definition) is 2. The molecule has 1 N–H and O–H groups in total. The van der Waals surface area contributed by atoms with Crippen LogP contribution in [0.1, 0.15) is 26.6 Å². The molecule has 0 unspecified atom stereocenters. The van der Waals surface area contributed by atoms with E-state index in [-0.39, 0.29) is 5.41 Å². The second kappa shape index (κ2) is 3.08. The van der Waals surface area contributed by atoms with E-state index in [1.807, 2.05) is 6.07 Å². The number of pyridine rings is 1. The van der Waals surface area contributed by atoms with Crippen LogP contribution in [-0.4, -0.2) is 15.0 Å². The molecule has 2 aromatic heterocycles. The summed E-state index contributed by atoms with van der Waals surface area (Å²) in [5.74, 6) is 1.04. The predicted molar refractivity (Wildman–Crippen MR) is 57.0 cm³/mol. The molecule has 14 heavy (non-hydrogen) atoms. The molecule has 74 valence electrons. The van der Waals surface area contributed by atoms with Crippen LogP contribution in [0.15, 0.2) is 18.5 Å². The highest BCUT2D eigenvalue weighted by molar-refractivity contribution is 5.73. The Labute approximate surface area is 83.6 Å². The maximum absolute atomic E-state index is 4.48. The predicted octanol–water partition coefficient (Wildman–Crippen LogP) is 2.55. The quantitative estimate of drug-likeness (QED) is 0.749. The number of imidazole rings is 1. The molecular formula is C11H15N3. The van der Waals surface area contributed by atoms with E-state index < -0.39 is 0 Å². The van der Waals surface area contributed by atoms with Gasteiger partial charge in [-0.1, -0.05) is 20.8 Å². The molecule has 0 fully saturated rings. The molecule has 3 heteroatoms. The zero-order valence-corrected chi connectivity index (χ0v) is 8.83. The first-order chi connectivity index (χ1) is 6.54. The number of nitrogens with one attached hydrogen (secondary N) is 1. The van der Waals surface area contributed by atoms with E-state index in [1.54, 1.807) is 12.4 Å². The summed E-state index contributed by atoms with van der Waals surface area (Å²) < 4.78 is 0. The molecule has 0 atom stereocenters. The number of H-pyrrole nitrogens is 1. The maximum Gasteiger partial charge on any atom is 0.107 e. The van der Waals surface area contributed by atoms with Gasteiger partial charge in [0.2, 0.25) is 0 Å². The Kier molecular flexibility index (Phi) is 2.02. The number of fused-ring (bicyclic) bond motifs is 1. The number of hydrogen-bond donors (Lipinski definition) is 1. The lowest BCUT2D eigenvalue weighted by molar-refractivity contribution is 0.402. The van der Waals surface area contributed by atoms with Crippen LogP contribution in [0, 0.1) is 5.41 Å². The molecular weight excluding hydrogens is 174 g/mol. The van der Waals surface area contributed by atoms with E-state index in [0.717, 1.165) is 23.3 Å². The Morgan fingerprint density at radius 2 is 2.14 bits per heavy atom. The van der Waals surface area contributed by atoms with Gasteiger partial charge in [0.25, 0.3) is 0 Å². The summed E-state index contributed by atoms with van der Waals surface area (Å²) in [5, 5.41) is 0. The summed E-state index contributed by atoms with van der Waals surface area (Å²) in [6.45, 7) is 6.62. The van der Waals surface area contributed by atoms with E-state index >= 15 is 0 Å². The highest BCUT2D eigenvalue weighted by atomic mass is 14.9. The van der Waals surface area contributed by atoms with Gasteiger partial charge in [0.1, 0.15) is 11.3 Å². The molecule has 2 rings (SSSR count). The fourth-order valence-corrected chi connectivity index (χ4v) is 1.50. The average Bonchev–Trinajstić information content (AvgIpc) is 2.42. The van der Waals surface area contributed by atoms with Gasteiger partial charge in [0.15, 0.2) is 0 Å². The van der Waals surface area contributed by atoms with E-state index in [2.05, 4.69) is 35.7 Å². The number of aromatic amines is 1. The molecule has 2 heterocycles. The van der Waals surface area contributed by atoms with Crippen molar-refractivity contribution in [2.75, 3.05) is 0 Å². The smallest absolute Gasteiger partial charge is 0.107 e. The topological polar surface area (TPSA) is 41.6 Å². The van der Waals surface area contributed by atoms with E-state index in [4.69, 9.17) is 0 Å².